The molecule has 1 aromatic carbocycles. The van der Waals surface area contributed by atoms with Gasteiger partial charge in [0.25, 0.3) is 5.91 Å². The number of hydrogen-bond donors (Lipinski definition) is 2. The second-order valence-corrected chi connectivity index (χ2v) is 8.28. The molecule has 2 N–H and O–H groups in total. The van der Waals surface area contributed by atoms with Crippen LogP contribution in [0.2, 0.25) is 0 Å². The number of aliphatic hydroxyl groups is 1. The Kier molecular flexibility index (Phi) is 6.00. The van der Waals surface area contributed by atoms with Gasteiger partial charge in [0, 0.05) is 37.0 Å². The van der Waals surface area contributed by atoms with Crippen molar-refractivity contribution in [3.05, 3.63) is 29.8 Å². The summed E-state index contributed by atoms with van der Waals surface area (Å²) in [5.74, 6) is 1.83. The maximum absolute atomic E-state index is 12.8. The lowest BCUT2D eigenvalue weighted by molar-refractivity contribution is 0.0620. The summed E-state index contributed by atoms with van der Waals surface area (Å²) in [6.07, 6.45) is 5.71. The Morgan fingerprint density at radius 1 is 1.24 bits per heavy atom. The molecule has 2 aliphatic rings. The normalized spacial score (nSPS) is 30.1. The van der Waals surface area contributed by atoms with E-state index < -0.39 is 0 Å². The Labute approximate surface area is 151 Å². The third kappa shape index (κ3) is 4.75. The van der Waals surface area contributed by atoms with Crippen LogP contribution in [0.15, 0.2) is 24.3 Å². The molecule has 0 spiro atoms. The van der Waals surface area contributed by atoms with Crippen LogP contribution in [0.3, 0.4) is 0 Å². The van der Waals surface area contributed by atoms with Crippen molar-refractivity contribution in [3.63, 3.8) is 0 Å². The number of rotatable bonds is 4. The number of aliphatic hydroxyl groups excluding tert-OH is 1. The molecule has 1 aliphatic carbocycles. The van der Waals surface area contributed by atoms with E-state index in [1.807, 2.05) is 23.1 Å². The number of nitrogens with one attached hydrogen (secondary N) is 1. The van der Waals surface area contributed by atoms with Gasteiger partial charge in [-0.2, -0.15) is 0 Å². The van der Waals surface area contributed by atoms with E-state index in [2.05, 4.69) is 25.2 Å². The molecule has 3 atom stereocenters. The quantitative estimate of drug-likeness (QED) is 0.874. The zero-order chi connectivity index (χ0) is 17.8. The van der Waals surface area contributed by atoms with E-state index in [1.54, 1.807) is 0 Å². The van der Waals surface area contributed by atoms with Crippen molar-refractivity contribution in [3.8, 4) is 0 Å². The fourth-order valence-corrected chi connectivity index (χ4v) is 4.62. The van der Waals surface area contributed by atoms with E-state index in [1.165, 1.54) is 19.3 Å². The summed E-state index contributed by atoms with van der Waals surface area (Å²) in [4.78, 5) is 14.7. The Morgan fingerprint density at radius 3 is 2.72 bits per heavy atom. The van der Waals surface area contributed by atoms with Crippen LogP contribution < -0.4 is 5.32 Å². The van der Waals surface area contributed by atoms with Gasteiger partial charge in [-0.05, 0) is 68.1 Å². The van der Waals surface area contributed by atoms with Crippen molar-refractivity contribution in [2.75, 3.05) is 25.0 Å². The predicted octanol–water partition coefficient (Wildman–Crippen LogP) is 3.77. The molecule has 2 fully saturated rings. The SMILES string of the molecule is CC1CC(C)CC(Nc2cccc(C(=O)N3CCCC(CO)C3)c2)C1. The third-order valence-electron chi connectivity index (χ3n) is 5.72. The van der Waals surface area contributed by atoms with E-state index in [0.29, 0.717) is 12.6 Å². The number of piperidine rings is 1. The van der Waals surface area contributed by atoms with Crippen molar-refractivity contribution in [1.82, 2.24) is 4.90 Å². The van der Waals surface area contributed by atoms with Crippen LogP contribution in [0.1, 0.15) is 56.3 Å². The molecule has 3 unspecified atom stereocenters. The number of likely N-dealkylation sites (tertiary alicyclic amines) is 1. The first-order valence-corrected chi connectivity index (χ1v) is 9.82. The van der Waals surface area contributed by atoms with E-state index in [0.717, 1.165) is 42.5 Å². The molecule has 1 aliphatic heterocycles. The lowest BCUT2D eigenvalue weighted by Crippen LogP contribution is -2.41. The number of carbonyl (C=O) groups excluding carboxylic acids is 1. The number of nitrogens with zero attached hydrogens (tertiary/aromatic N) is 1. The molecule has 1 saturated carbocycles. The molecule has 1 heterocycles. The van der Waals surface area contributed by atoms with Crippen LogP contribution in [-0.4, -0.2) is 41.7 Å². The average Bonchev–Trinajstić information content (AvgIpc) is 2.60. The molecule has 4 nitrogen and oxygen atoms in total. The number of anilines is 1. The van der Waals surface area contributed by atoms with Crippen molar-refractivity contribution in [1.29, 1.82) is 0 Å². The second kappa shape index (κ2) is 8.22. The highest BCUT2D eigenvalue weighted by atomic mass is 16.3. The van der Waals surface area contributed by atoms with Gasteiger partial charge in [0.2, 0.25) is 0 Å². The first-order valence-electron chi connectivity index (χ1n) is 9.82. The molecule has 1 aromatic rings. The first kappa shape index (κ1) is 18.2. The Hall–Kier alpha value is -1.55. The molecule has 3 rings (SSSR count). The molecule has 138 valence electrons. The van der Waals surface area contributed by atoms with Crippen molar-refractivity contribution >= 4 is 11.6 Å². The zero-order valence-corrected chi connectivity index (χ0v) is 15.6. The highest BCUT2D eigenvalue weighted by Crippen LogP contribution is 2.30. The number of benzene rings is 1. The van der Waals surface area contributed by atoms with Gasteiger partial charge in [0.1, 0.15) is 0 Å². The second-order valence-electron chi connectivity index (χ2n) is 8.28. The van der Waals surface area contributed by atoms with Crippen LogP contribution in [0.5, 0.6) is 0 Å². The van der Waals surface area contributed by atoms with Gasteiger partial charge < -0.3 is 15.3 Å². The smallest absolute Gasteiger partial charge is 0.253 e. The summed E-state index contributed by atoms with van der Waals surface area (Å²) >= 11 is 0. The van der Waals surface area contributed by atoms with Gasteiger partial charge in [-0.15, -0.1) is 0 Å². The van der Waals surface area contributed by atoms with E-state index in [4.69, 9.17) is 0 Å². The lowest BCUT2D eigenvalue weighted by Gasteiger charge is -2.33. The first-order chi connectivity index (χ1) is 12.0. The fraction of sp³-hybridized carbons (Fsp3) is 0.667. The summed E-state index contributed by atoms with van der Waals surface area (Å²) in [7, 11) is 0. The van der Waals surface area contributed by atoms with Crippen molar-refractivity contribution < 1.29 is 9.90 Å². The van der Waals surface area contributed by atoms with Gasteiger partial charge >= 0.3 is 0 Å². The maximum Gasteiger partial charge on any atom is 0.253 e. The van der Waals surface area contributed by atoms with E-state index >= 15 is 0 Å². The molecule has 0 radical (unpaired) electrons. The lowest BCUT2D eigenvalue weighted by atomic mass is 9.80. The van der Waals surface area contributed by atoms with Crippen molar-refractivity contribution in [2.45, 2.75) is 52.0 Å². The number of hydrogen-bond acceptors (Lipinski definition) is 3. The summed E-state index contributed by atoms with van der Waals surface area (Å²) in [6, 6.07) is 8.43. The predicted molar refractivity (Wildman–Crippen MR) is 102 cm³/mol. The molecule has 1 amide bonds. The van der Waals surface area contributed by atoms with Crippen molar-refractivity contribution in [2.24, 2.45) is 17.8 Å². The van der Waals surface area contributed by atoms with Gasteiger partial charge in [0.15, 0.2) is 0 Å². The standard InChI is InChI=1S/C21H32N2O2/c1-15-9-16(2)11-20(10-15)22-19-7-3-6-18(12-19)21(25)23-8-4-5-17(13-23)14-24/h3,6-7,12,15-17,20,22,24H,4-5,8-11,13-14H2,1-2H3. The molecular formula is C21H32N2O2. The van der Waals surface area contributed by atoms with E-state index in [9.17, 15) is 9.90 Å². The van der Waals surface area contributed by atoms with Gasteiger partial charge in [-0.25, -0.2) is 0 Å². The monoisotopic (exact) mass is 344 g/mol. The maximum atomic E-state index is 12.8. The number of amides is 1. The minimum atomic E-state index is 0.0900. The molecule has 0 aromatic heterocycles. The van der Waals surface area contributed by atoms with Crippen LogP contribution in [0.4, 0.5) is 5.69 Å². The highest BCUT2D eigenvalue weighted by Gasteiger charge is 2.25. The summed E-state index contributed by atoms with van der Waals surface area (Å²) in [5.41, 5.74) is 1.80. The fourth-order valence-electron chi connectivity index (χ4n) is 4.62. The molecule has 1 saturated heterocycles. The molecule has 25 heavy (non-hydrogen) atoms. The molecule has 4 heteroatoms. The minimum absolute atomic E-state index is 0.0900. The van der Waals surface area contributed by atoms with E-state index in [-0.39, 0.29) is 18.4 Å². The highest BCUT2D eigenvalue weighted by molar-refractivity contribution is 5.95. The topological polar surface area (TPSA) is 52.6 Å². The number of carbonyl (C=O) groups is 1. The minimum Gasteiger partial charge on any atom is -0.396 e. The average molecular weight is 344 g/mol. The molecule has 0 bridgehead atoms. The van der Waals surface area contributed by atoms with Crippen LogP contribution in [0.25, 0.3) is 0 Å². The zero-order valence-electron chi connectivity index (χ0n) is 15.6. The Balaban J connectivity index is 1.65. The van der Waals surface area contributed by atoms with Crippen LogP contribution in [0, 0.1) is 17.8 Å². The summed E-state index contributed by atoms with van der Waals surface area (Å²) < 4.78 is 0. The Morgan fingerprint density at radius 2 is 2.00 bits per heavy atom. The largest absolute Gasteiger partial charge is 0.396 e. The van der Waals surface area contributed by atoms with Crippen LogP contribution >= 0.6 is 0 Å². The van der Waals surface area contributed by atoms with Crippen LogP contribution in [-0.2, 0) is 0 Å². The van der Waals surface area contributed by atoms with Gasteiger partial charge in [-0.3, -0.25) is 4.79 Å². The third-order valence-corrected chi connectivity index (χ3v) is 5.72. The van der Waals surface area contributed by atoms with Gasteiger partial charge in [-0.1, -0.05) is 19.9 Å². The summed E-state index contributed by atoms with van der Waals surface area (Å²) in [6.45, 7) is 6.30. The summed E-state index contributed by atoms with van der Waals surface area (Å²) in [5, 5.41) is 13.0. The van der Waals surface area contributed by atoms with Gasteiger partial charge in [0.05, 0.1) is 0 Å². The molecular weight excluding hydrogens is 312 g/mol. The Bertz CT molecular complexity index is 579.